The highest BCUT2D eigenvalue weighted by atomic mass is 16.6. The summed E-state index contributed by atoms with van der Waals surface area (Å²) in [6, 6.07) is 14.7. The van der Waals surface area contributed by atoms with Gasteiger partial charge >= 0.3 is 0 Å². The van der Waals surface area contributed by atoms with Crippen LogP contribution in [0.4, 0.5) is 5.69 Å². The molecule has 0 spiro atoms. The number of hydrogen-bond acceptors (Lipinski definition) is 6. The molecule has 1 atom stereocenters. The van der Waals surface area contributed by atoms with Crippen molar-refractivity contribution in [1.29, 1.82) is 0 Å². The van der Waals surface area contributed by atoms with Gasteiger partial charge in [0.1, 0.15) is 19.3 Å². The zero-order valence-corrected chi connectivity index (χ0v) is 22.5. The summed E-state index contributed by atoms with van der Waals surface area (Å²) in [6.45, 7) is 4.76. The number of aromatic hydroxyl groups is 1. The van der Waals surface area contributed by atoms with Crippen LogP contribution in [0, 0.1) is 13.8 Å². The third kappa shape index (κ3) is 5.65. The molecular formula is C31H34N2O6. The molecule has 0 bridgehead atoms. The molecule has 8 nitrogen and oxygen atoms in total. The van der Waals surface area contributed by atoms with Crippen molar-refractivity contribution in [2.75, 3.05) is 25.2 Å². The molecule has 3 aromatic carbocycles. The number of rotatable bonds is 7. The Hall–Kier alpha value is -4.20. The average Bonchev–Trinajstić information content (AvgIpc) is 3.44. The van der Waals surface area contributed by atoms with Gasteiger partial charge in [0.25, 0.3) is 5.91 Å². The molecule has 39 heavy (non-hydrogen) atoms. The first-order chi connectivity index (χ1) is 18.8. The maximum absolute atomic E-state index is 14.4. The summed E-state index contributed by atoms with van der Waals surface area (Å²) < 4.78 is 16.8. The lowest BCUT2D eigenvalue weighted by atomic mass is 9.99. The van der Waals surface area contributed by atoms with Crippen LogP contribution in [0.15, 0.2) is 54.6 Å². The fraction of sp³-hybridized carbons (Fsp3) is 0.355. The maximum atomic E-state index is 14.4. The molecule has 5 rings (SSSR count). The minimum absolute atomic E-state index is 0.0458. The van der Waals surface area contributed by atoms with E-state index in [1.807, 2.05) is 32.0 Å². The Morgan fingerprint density at radius 1 is 0.949 bits per heavy atom. The highest BCUT2D eigenvalue weighted by Gasteiger charge is 2.36. The summed E-state index contributed by atoms with van der Waals surface area (Å²) in [5.74, 6) is 0.584. The molecule has 1 aliphatic carbocycles. The molecule has 2 aliphatic rings. The van der Waals surface area contributed by atoms with Crippen LogP contribution in [0.5, 0.6) is 23.0 Å². The molecule has 2 amide bonds. The third-order valence-electron chi connectivity index (χ3n) is 7.22. The van der Waals surface area contributed by atoms with Crippen molar-refractivity contribution in [3.63, 3.8) is 0 Å². The largest absolute Gasteiger partial charge is 0.504 e. The molecular weight excluding hydrogens is 496 g/mol. The SMILES string of the molecule is COc1cc([C@H](C(=O)NC2CCCC2)N(C(=O)c2ccc3c(c2)OCCO3)c2cc(C)cc(C)c2)ccc1O. The number of nitrogens with one attached hydrogen (secondary N) is 1. The normalized spacial score (nSPS) is 15.5. The summed E-state index contributed by atoms with van der Waals surface area (Å²) in [4.78, 5) is 30.0. The van der Waals surface area contributed by atoms with Gasteiger partial charge in [-0.15, -0.1) is 0 Å². The maximum Gasteiger partial charge on any atom is 0.259 e. The zero-order chi connectivity index (χ0) is 27.5. The van der Waals surface area contributed by atoms with E-state index in [2.05, 4.69) is 5.32 Å². The number of benzene rings is 3. The zero-order valence-electron chi connectivity index (χ0n) is 22.5. The van der Waals surface area contributed by atoms with Gasteiger partial charge < -0.3 is 24.6 Å². The number of aryl methyl sites for hydroxylation is 2. The second kappa shape index (κ2) is 11.3. The van der Waals surface area contributed by atoms with Crippen LogP contribution >= 0.6 is 0 Å². The molecule has 1 heterocycles. The number of carbonyl (C=O) groups is 2. The molecule has 0 saturated heterocycles. The van der Waals surface area contributed by atoms with E-state index in [1.165, 1.54) is 18.1 Å². The van der Waals surface area contributed by atoms with Gasteiger partial charge in [-0.3, -0.25) is 14.5 Å². The summed E-state index contributed by atoms with van der Waals surface area (Å²) in [6.07, 6.45) is 3.91. The van der Waals surface area contributed by atoms with Crippen molar-refractivity contribution in [2.45, 2.75) is 51.6 Å². The highest BCUT2D eigenvalue weighted by Crippen LogP contribution is 2.37. The van der Waals surface area contributed by atoms with Crippen LogP contribution in [0.2, 0.25) is 0 Å². The highest BCUT2D eigenvalue weighted by molar-refractivity contribution is 6.10. The van der Waals surface area contributed by atoms with Crippen LogP contribution < -0.4 is 24.4 Å². The van der Waals surface area contributed by atoms with Crippen molar-refractivity contribution >= 4 is 17.5 Å². The Labute approximate surface area is 228 Å². The first kappa shape index (κ1) is 26.4. The van der Waals surface area contributed by atoms with Gasteiger partial charge in [0.05, 0.1) is 7.11 Å². The van der Waals surface area contributed by atoms with Crippen LogP contribution in [0.25, 0.3) is 0 Å². The first-order valence-corrected chi connectivity index (χ1v) is 13.3. The van der Waals surface area contributed by atoms with E-state index in [4.69, 9.17) is 14.2 Å². The predicted molar refractivity (Wildman–Crippen MR) is 148 cm³/mol. The van der Waals surface area contributed by atoms with E-state index in [9.17, 15) is 14.7 Å². The van der Waals surface area contributed by atoms with E-state index in [-0.39, 0.29) is 29.4 Å². The quantitative estimate of drug-likeness (QED) is 0.434. The number of fused-ring (bicyclic) bond motifs is 1. The van der Waals surface area contributed by atoms with Crippen molar-refractivity contribution < 1.29 is 28.9 Å². The second-order valence-electron chi connectivity index (χ2n) is 10.2. The van der Waals surface area contributed by atoms with Crippen molar-refractivity contribution in [3.8, 4) is 23.0 Å². The van der Waals surface area contributed by atoms with Crippen molar-refractivity contribution in [2.24, 2.45) is 0 Å². The molecule has 204 valence electrons. The number of ether oxygens (including phenoxy) is 3. The van der Waals surface area contributed by atoms with Crippen LogP contribution in [-0.2, 0) is 4.79 Å². The Kier molecular flexibility index (Phi) is 7.63. The van der Waals surface area contributed by atoms with Gasteiger partial charge in [-0.05, 0) is 85.8 Å². The lowest BCUT2D eigenvalue weighted by molar-refractivity contribution is -0.123. The average molecular weight is 531 g/mol. The van der Waals surface area contributed by atoms with Crippen LogP contribution in [-0.4, -0.2) is 43.3 Å². The smallest absolute Gasteiger partial charge is 0.259 e. The molecule has 3 aromatic rings. The number of nitrogens with zero attached hydrogens (tertiary/aromatic N) is 1. The number of anilines is 1. The van der Waals surface area contributed by atoms with Gasteiger partial charge in [0.2, 0.25) is 5.91 Å². The van der Waals surface area contributed by atoms with Crippen molar-refractivity contribution in [1.82, 2.24) is 5.32 Å². The summed E-state index contributed by atoms with van der Waals surface area (Å²) in [5.41, 5.74) is 3.39. The summed E-state index contributed by atoms with van der Waals surface area (Å²) >= 11 is 0. The lowest BCUT2D eigenvalue weighted by Crippen LogP contribution is -2.46. The molecule has 8 heteroatoms. The molecule has 0 unspecified atom stereocenters. The lowest BCUT2D eigenvalue weighted by Gasteiger charge is -2.33. The van der Waals surface area contributed by atoms with Crippen molar-refractivity contribution in [3.05, 3.63) is 76.9 Å². The minimum Gasteiger partial charge on any atom is -0.504 e. The third-order valence-corrected chi connectivity index (χ3v) is 7.22. The van der Waals surface area contributed by atoms with E-state index in [0.29, 0.717) is 41.5 Å². The molecule has 2 N–H and O–H groups in total. The Morgan fingerprint density at radius 3 is 2.33 bits per heavy atom. The number of carbonyl (C=O) groups excluding carboxylic acids is 2. The number of phenolic OH excluding ortho intramolecular Hbond substituents is 1. The standard InChI is InChI=1S/C31H34N2O6/c1-19-14-20(2)16-24(15-19)33(31(36)22-9-11-26-28(18-22)39-13-12-38-26)29(30(35)32-23-6-4-5-7-23)21-8-10-25(34)27(17-21)37-3/h8-11,14-18,23,29,34H,4-7,12-13H2,1-3H3,(H,32,35)/t29-/m1/s1. The molecule has 0 aromatic heterocycles. The fourth-order valence-corrected chi connectivity index (χ4v) is 5.42. The molecule has 1 aliphatic heterocycles. The van der Waals surface area contributed by atoms with Gasteiger partial charge in [0, 0.05) is 17.3 Å². The van der Waals surface area contributed by atoms with Crippen LogP contribution in [0.3, 0.4) is 0 Å². The van der Waals surface area contributed by atoms with Gasteiger partial charge in [-0.1, -0.05) is 25.0 Å². The van der Waals surface area contributed by atoms with Gasteiger partial charge in [-0.25, -0.2) is 0 Å². The van der Waals surface area contributed by atoms with E-state index >= 15 is 0 Å². The fourth-order valence-electron chi connectivity index (χ4n) is 5.42. The summed E-state index contributed by atoms with van der Waals surface area (Å²) in [5, 5.41) is 13.5. The Bertz CT molecular complexity index is 1360. The van der Waals surface area contributed by atoms with Gasteiger partial charge in [-0.2, -0.15) is 0 Å². The van der Waals surface area contributed by atoms with E-state index in [1.54, 1.807) is 30.3 Å². The molecule has 0 radical (unpaired) electrons. The van der Waals surface area contributed by atoms with Crippen LogP contribution in [0.1, 0.15) is 58.8 Å². The topological polar surface area (TPSA) is 97.3 Å². The number of hydrogen-bond donors (Lipinski definition) is 2. The Morgan fingerprint density at radius 2 is 1.64 bits per heavy atom. The molecule has 1 saturated carbocycles. The monoisotopic (exact) mass is 530 g/mol. The van der Waals surface area contributed by atoms with Gasteiger partial charge in [0.15, 0.2) is 23.0 Å². The first-order valence-electron chi connectivity index (χ1n) is 13.3. The minimum atomic E-state index is -1.03. The second-order valence-corrected chi connectivity index (χ2v) is 10.2. The molecule has 1 fully saturated rings. The number of phenols is 1. The predicted octanol–water partition coefficient (Wildman–Crippen LogP) is 5.24. The van der Waals surface area contributed by atoms with E-state index < -0.39 is 6.04 Å². The number of methoxy groups -OCH3 is 1. The Balaban J connectivity index is 1.66. The number of amides is 2. The summed E-state index contributed by atoms with van der Waals surface area (Å²) in [7, 11) is 1.45. The van der Waals surface area contributed by atoms with E-state index in [0.717, 1.165) is 36.8 Å².